The van der Waals surface area contributed by atoms with Crippen molar-refractivity contribution in [2.24, 2.45) is 5.73 Å². The molecule has 1 aromatic heterocycles. The summed E-state index contributed by atoms with van der Waals surface area (Å²) in [7, 11) is 0. The van der Waals surface area contributed by atoms with Crippen molar-refractivity contribution in [3.8, 4) is 0 Å². The van der Waals surface area contributed by atoms with Crippen molar-refractivity contribution in [2.45, 2.75) is 37.3 Å². The van der Waals surface area contributed by atoms with Crippen LogP contribution in [0, 0.1) is 0 Å². The Bertz CT molecular complexity index is 394. The number of nitrogens with two attached hydrogens (primary N) is 1. The molecule has 0 radical (unpaired) electrons. The Morgan fingerprint density at radius 2 is 2.38 bits per heavy atom. The molecule has 3 N–H and O–H groups in total. The predicted molar refractivity (Wildman–Crippen MR) is 60.6 cm³/mol. The van der Waals surface area contributed by atoms with Crippen LogP contribution in [0.25, 0.3) is 0 Å². The number of hydrogen-bond donors (Lipinski definition) is 2. The summed E-state index contributed by atoms with van der Waals surface area (Å²) >= 11 is 0. The molecule has 3 rings (SSSR count). The molecule has 1 atom stereocenters. The molecule has 2 fully saturated rings. The second-order valence-corrected chi connectivity index (χ2v) is 4.94. The summed E-state index contributed by atoms with van der Waals surface area (Å²) in [6, 6.07) is 4.24. The fraction of sp³-hybridized carbons (Fsp3) is 0.583. The molecule has 4 nitrogen and oxygen atoms in total. The van der Waals surface area contributed by atoms with Crippen molar-refractivity contribution >= 4 is 5.91 Å². The van der Waals surface area contributed by atoms with Crippen molar-refractivity contribution in [1.82, 2.24) is 9.88 Å². The Balaban J connectivity index is 1.82. The number of H-pyrrole nitrogens is 1. The van der Waals surface area contributed by atoms with Crippen LogP contribution in [0.15, 0.2) is 18.3 Å². The highest BCUT2D eigenvalue weighted by Crippen LogP contribution is 2.39. The zero-order valence-corrected chi connectivity index (χ0v) is 9.28. The molecule has 16 heavy (non-hydrogen) atoms. The van der Waals surface area contributed by atoms with E-state index in [2.05, 4.69) is 4.98 Å². The summed E-state index contributed by atoms with van der Waals surface area (Å²) in [6.45, 7) is 0.849. The summed E-state index contributed by atoms with van der Waals surface area (Å²) in [5.74, 6) is 0.143. The zero-order chi connectivity index (χ0) is 11.2. The van der Waals surface area contributed by atoms with Gasteiger partial charge in [0.15, 0.2) is 0 Å². The fourth-order valence-electron chi connectivity index (χ4n) is 2.52. The third-order valence-electron chi connectivity index (χ3n) is 3.71. The Morgan fingerprint density at radius 3 is 3.00 bits per heavy atom. The molecule has 1 amide bonds. The van der Waals surface area contributed by atoms with E-state index in [0.29, 0.717) is 0 Å². The number of likely N-dealkylation sites (tertiary alicyclic amines) is 1. The quantitative estimate of drug-likeness (QED) is 0.784. The summed E-state index contributed by atoms with van der Waals surface area (Å²) in [6.07, 6.45) is 5.72. The molecule has 0 spiro atoms. The molecular formula is C12H17N3O. The van der Waals surface area contributed by atoms with Crippen LogP contribution in [0.5, 0.6) is 0 Å². The summed E-state index contributed by atoms with van der Waals surface area (Å²) in [5, 5.41) is 0. The average molecular weight is 219 g/mol. The summed E-state index contributed by atoms with van der Waals surface area (Å²) < 4.78 is 0. The molecule has 1 aliphatic carbocycles. The summed E-state index contributed by atoms with van der Waals surface area (Å²) in [5.41, 5.74) is 6.59. The lowest BCUT2D eigenvalue weighted by atomic mass is 10.1. The Hall–Kier alpha value is -1.29. The van der Waals surface area contributed by atoms with Gasteiger partial charge >= 0.3 is 0 Å². The topological polar surface area (TPSA) is 62.1 Å². The fourth-order valence-corrected chi connectivity index (χ4v) is 2.52. The van der Waals surface area contributed by atoms with Gasteiger partial charge in [0.25, 0.3) is 0 Å². The minimum atomic E-state index is -0.533. The number of carbonyl (C=O) groups excluding carboxylic acids is 1. The highest BCUT2D eigenvalue weighted by atomic mass is 16.2. The maximum Gasteiger partial charge on any atom is 0.243 e. The average Bonchev–Trinajstić information content (AvgIpc) is 2.80. The van der Waals surface area contributed by atoms with E-state index in [1.807, 2.05) is 23.2 Å². The van der Waals surface area contributed by atoms with Gasteiger partial charge in [-0.15, -0.1) is 0 Å². The van der Waals surface area contributed by atoms with Crippen molar-refractivity contribution in [3.63, 3.8) is 0 Å². The first-order chi connectivity index (χ1) is 7.71. The van der Waals surface area contributed by atoms with Crippen LogP contribution in [0.3, 0.4) is 0 Å². The largest absolute Gasteiger partial charge is 0.363 e. The maximum atomic E-state index is 12.2. The number of aromatic nitrogens is 1. The van der Waals surface area contributed by atoms with Crippen LogP contribution < -0.4 is 5.73 Å². The molecule has 4 heteroatoms. The van der Waals surface area contributed by atoms with Crippen molar-refractivity contribution in [1.29, 1.82) is 0 Å². The van der Waals surface area contributed by atoms with E-state index in [4.69, 9.17) is 5.73 Å². The van der Waals surface area contributed by atoms with Gasteiger partial charge in [-0.3, -0.25) is 4.79 Å². The lowest BCUT2D eigenvalue weighted by molar-refractivity contribution is -0.134. The molecule has 1 aliphatic heterocycles. The number of nitrogens with zero attached hydrogens (tertiary/aromatic N) is 1. The monoisotopic (exact) mass is 219 g/mol. The number of hydrogen-bond acceptors (Lipinski definition) is 2. The normalized spacial score (nSPS) is 27.1. The molecule has 1 saturated carbocycles. The molecule has 2 heterocycles. The van der Waals surface area contributed by atoms with Gasteiger partial charge in [-0.1, -0.05) is 0 Å². The standard InChI is InChI=1S/C12H17N3O/c13-12(5-6-12)11(16)15-8-2-4-10(15)9-3-1-7-14-9/h1,3,7,10,14H,2,4-6,8,13H2. The third kappa shape index (κ3) is 1.45. The smallest absolute Gasteiger partial charge is 0.243 e. The van der Waals surface area contributed by atoms with E-state index >= 15 is 0 Å². The van der Waals surface area contributed by atoms with Crippen LogP contribution in [0.4, 0.5) is 0 Å². The van der Waals surface area contributed by atoms with Crippen molar-refractivity contribution < 1.29 is 4.79 Å². The number of rotatable bonds is 2. The van der Waals surface area contributed by atoms with E-state index in [9.17, 15) is 4.79 Å². The van der Waals surface area contributed by atoms with Crippen molar-refractivity contribution in [2.75, 3.05) is 6.54 Å². The van der Waals surface area contributed by atoms with Crippen LogP contribution in [0.1, 0.15) is 37.4 Å². The zero-order valence-electron chi connectivity index (χ0n) is 9.28. The van der Waals surface area contributed by atoms with Crippen molar-refractivity contribution in [3.05, 3.63) is 24.0 Å². The Morgan fingerprint density at radius 1 is 1.56 bits per heavy atom. The number of carbonyl (C=O) groups is 1. The third-order valence-corrected chi connectivity index (χ3v) is 3.71. The first-order valence-corrected chi connectivity index (χ1v) is 5.94. The van der Waals surface area contributed by atoms with Crippen LogP contribution in [0.2, 0.25) is 0 Å². The molecule has 1 aromatic rings. The lowest BCUT2D eigenvalue weighted by Crippen LogP contribution is -2.45. The molecular weight excluding hydrogens is 202 g/mol. The summed E-state index contributed by atoms with van der Waals surface area (Å²) in [4.78, 5) is 17.4. The van der Waals surface area contributed by atoms with E-state index in [0.717, 1.165) is 37.9 Å². The van der Waals surface area contributed by atoms with Crippen LogP contribution in [-0.4, -0.2) is 27.9 Å². The minimum Gasteiger partial charge on any atom is -0.363 e. The van der Waals surface area contributed by atoms with Crippen LogP contribution >= 0.6 is 0 Å². The van der Waals surface area contributed by atoms with Gasteiger partial charge < -0.3 is 15.6 Å². The number of aromatic amines is 1. The van der Waals surface area contributed by atoms with Gasteiger partial charge in [-0.25, -0.2) is 0 Å². The molecule has 0 aromatic carbocycles. The van der Waals surface area contributed by atoms with Gasteiger partial charge in [0.1, 0.15) is 0 Å². The Labute approximate surface area is 94.8 Å². The molecule has 1 saturated heterocycles. The maximum absolute atomic E-state index is 12.2. The van der Waals surface area contributed by atoms with E-state index < -0.39 is 5.54 Å². The van der Waals surface area contributed by atoms with Gasteiger partial charge in [-0.2, -0.15) is 0 Å². The van der Waals surface area contributed by atoms with Crippen LogP contribution in [-0.2, 0) is 4.79 Å². The number of amides is 1. The lowest BCUT2D eigenvalue weighted by Gasteiger charge is -2.26. The second-order valence-electron chi connectivity index (χ2n) is 4.94. The molecule has 1 unspecified atom stereocenters. The van der Waals surface area contributed by atoms with Gasteiger partial charge in [0.2, 0.25) is 5.91 Å². The first kappa shape index (κ1) is 9.90. The molecule has 2 aliphatic rings. The highest BCUT2D eigenvalue weighted by molar-refractivity contribution is 5.89. The van der Waals surface area contributed by atoms with E-state index in [1.165, 1.54) is 0 Å². The molecule has 86 valence electrons. The van der Waals surface area contributed by atoms with Gasteiger partial charge in [-0.05, 0) is 37.8 Å². The second kappa shape index (κ2) is 3.35. The minimum absolute atomic E-state index is 0.143. The SMILES string of the molecule is NC1(C(=O)N2CCCC2c2ccc[nH]2)CC1. The van der Waals surface area contributed by atoms with Gasteiger partial charge in [0.05, 0.1) is 11.6 Å². The molecule has 0 bridgehead atoms. The van der Waals surface area contributed by atoms with E-state index in [1.54, 1.807) is 0 Å². The van der Waals surface area contributed by atoms with Gasteiger partial charge in [0, 0.05) is 18.4 Å². The first-order valence-electron chi connectivity index (χ1n) is 5.94. The van der Waals surface area contributed by atoms with E-state index in [-0.39, 0.29) is 11.9 Å². The number of nitrogens with one attached hydrogen (secondary N) is 1. The Kier molecular flexibility index (Phi) is 2.07. The predicted octanol–water partition coefficient (Wildman–Crippen LogP) is 1.17. The highest BCUT2D eigenvalue weighted by Gasteiger charge is 2.50.